The molecule has 1 aromatic heterocycles. The zero-order valence-corrected chi connectivity index (χ0v) is 13.4. The lowest BCUT2D eigenvalue weighted by atomic mass is 9.96. The van der Waals surface area contributed by atoms with E-state index in [-0.39, 0.29) is 12.0 Å². The van der Waals surface area contributed by atoms with Crippen LogP contribution in [0.4, 0.5) is 5.69 Å². The molecular formula is C18H21N3O3. The summed E-state index contributed by atoms with van der Waals surface area (Å²) < 4.78 is 11.1. The van der Waals surface area contributed by atoms with Crippen LogP contribution in [0.15, 0.2) is 42.6 Å². The highest BCUT2D eigenvalue weighted by Crippen LogP contribution is 2.24. The molecule has 126 valence electrons. The lowest BCUT2D eigenvalue weighted by Gasteiger charge is -2.25. The minimum Gasteiger partial charge on any atom is -0.492 e. The van der Waals surface area contributed by atoms with Crippen molar-refractivity contribution in [1.82, 2.24) is 4.98 Å². The molecule has 1 aliphatic carbocycles. The average molecular weight is 327 g/mol. The minimum atomic E-state index is -0.202. The second kappa shape index (κ2) is 7.79. The second-order valence-electron chi connectivity index (χ2n) is 5.67. The largest absolute Gasteiger partial charge is 0.492 e. The van der Waals surface area contributed by atoms with Crippen molar-refractivity contribution in [2.24, 2.45) is 5.73 Å². The van der Waals surface area contributed by atoms with Crippen LogP contribution in [-0.2, 0) is 0 Å². The number of rotatable bonds is 7. The number of nitrogens with one attached hydrogen (secondary N) is 1. The summed E-state index contributed by atoms with van der Waals surface area (Å²) >= 11 is 0. The highest BCUT2D eigenvalue weighted by atomic mass is 16.5. The SMILES string of the molecule is NCCOc1ccc(NC(=O)c2ccnc(OC3CCC3)c2)cc1. The van der Waals surface area contributed by atoms with Gasteiger partial charge in [-0.1, -0.05) is 0 Å². The Labute approximate surface area is 141 Å². The number of ether oxygens (including phenoxy) is 2. The summed E-state index contributed by atoms with van der Waals surface area (Å²) in [6, 6.07) is 10.5. The van der Waals surface area contributed by atoms with Crippen LogP contribution in [0.5, 0.6) is 11.6 Å². The molecule has 1 aromatic carbocycles. The number of anilines is 1. The highest BCUT2D eigenvalue weighted by molar-refractivity contribution is 6.04. The monoisotopic (exact) mass is 327 g/mol. The number of carbonyl (C=O) groups excluding carboxylic acids is 1. The molecule has 0 spiro atoms. The minimum absolute atomic E-state index is 0.202. The second-order valence-corrected chi connectivity index (χ2v) is 5.67. The summed E-state index contributed by atoms with van der Waals surface area (Å²) in [5, 5.41) is 2.85. The van der Waals surface area contributed by atoms with Gasteiger partial charge >= 0.3 is 0 Å². The third-order valence-corrected chi connectivity index (χ3v) is 3.84. The summed E-state index contributed by atoms with van der Waals surface area (Å²) in [7, 11) is 0. The first-order chi connectivity index (χ1) is 11.7. The van der Waals surface area contributed by atoms with Crippen molar-refractivity contribution >= 4 is 11.6 Å². The summed E-state index contributed by atoms with van der Waals surface area (Å²) in [6.45, 7) is 0.929. The number of aromatic nitrogens is 1. The molecule has 6 nitrogen and oxygen atoms in total. The van der Waals surface area contributed by atoms with Crippen molar-refractivity contribution in [1.29, 1.82) is 0 Å². The van der Waals surface area contributed by atoms with E-state index in [1.165, 1.54) is 6.42 Å². The third-order valence-electron chi connectivity index (χ3n) is 3.84. The number of amides is 1. The van der Waals surface area contributed by atoms with Crippen molar-refractivity contribution in [3.05, 3.63) is 48.2 Å². The van der Waals surface area contributed by atoms with Crippen molar-refractivity contribution < 1.29 is 14.3 Å². The van der Waals surface area contributed by atoms with E-state index in [0.29, 0.717) is 30.3 Å². The predicted octanol–water partition coefficient (Wildman–Crippen LogP) is 2.60. The van der Waals surface area contributed by atoms with Gasteiger partial charge < -0.3 is 20.5 Å². The third kappa shape index (κ3) is 4.23. The van der Waals surface area contributed by atoms with E-state index >= 15 is 0 Å². The first kappa shape index (κ1) is 16.3. The Balaban J connectivity index is 1.60. The Hall–Kier alpha value is -2.60. The molecule has 24 heavy (non-hydrogen) atoms. The Morgan fingerprint density at radius 1 is 1.25 bits per heavy atom. The van der Waals surface area contributed by atoms with E-state index in [4.69, 9.17) is 15.2 Å². The van der Waals surface area contributed by atoms with E-state index in [1.807, 2.05) is 0 Å². The van der Waals surface area contributed by atoms with Gasteiger partial charge in [-0.3, -0.25) is 4.79 Å². The Bertz CT molecular complexity index is 684. The molecule has 0 bridgehead atoms. The van der Waals surface area contributed by atoms with Crippen LogP contribution in [-0.4, -0.2) is 30.1 Å². The molecule has 1 heterocycles. The normalized spacial score (nSPS) is 13.9. The zero-order valence-electron chi connectivity index (χ0n) is 13.4. The first-order valence-corrected chi connectivity index (χ1v) is 8.11. The van der Waals surface area contributed by atoms with Gasteiger partial charge in [0, 0.05) is 30.1 Å². The molecule has 1 aliphatic rings. The molecule has 3 N–H and O–H groups in total. The van der Waals surface area contributed by atoms with E-state index in [1.54, 1.807) is 42.6 Å². The lowest BCUT2D eigenvalue weighted by molar-refractivity contribution is 0.101. The standard InChI is InChI=1S/C18H21N3O3/c19-9-11-23-15-6-4-14(5-7-15)21-18(22)13-8-10-20-17(12-13)24-16-2-1-3-16/h4-8,10,12,16H,1-3,9,11,19H2,(H,21,22). The topological polar surface area (TPSA) is 86.5 Å². The van der Waals surface area contributed by atoms with Crippen LogP contribution in [0.3, 0.4) is 0 Å². The van der Waals surface area contributed by atoms with E-state index < -0.39 is 0 Å². The fourth-order valence-electron chi connectivity index (χ4n) is 2.29. The number of carbonyl (C=O) groups is 1. The lowest BCUT2D eigenvalue weighted by Crippen LogP contribution is -2.25. The van der Waals surface area contributed by atoms with Gasteiger partial charge in [0.25, 0.3) is 5.91 Å². The molecule has 1 amide bonds. The molecule has 0 atom stereocenters. The molecule has 0 unspecified atom stereocenters. The number of hydrogen-bond acceptors (Lipinski definition) is 5. The van der Waals surface area contributed by atoms with E-state index in [9.17, 15) is 4.79 Å². The fourth-order valence-corrected chi connectivity index (χ4v) is 2.29. The maximum Gasteiger partial charge on any atom is 0.255 e. The Kier molecular flexibility index (Phi) is 5.28. The molecule has 2 aromatic rings. The van der Waals surface area contributed by atoms with Crippen LogP contribution >= 0.6 is 0 Å². The van der Waals surface area contributed by atoms with Gasteiger partial charge in [0.1, 0.15) is 18.5 Å². The molecule has 0 radical (unpaired) electrons. The van der Waals surface area contributed by atoms with Crippen molar-refractivity contribution in [2.75, 3.05) is 18.5 Å². The fraction of sp³-hybridized carbons (Fsp3) is 0.333. The summed E-state index contributed by atoms with van der Waals surface area (Å²) in [4.78, 5) is 16.5. The summed E-state index contributed by atoms with van der Waals surface area (Å²) in [6.07, 6.45) is 5.12. The van der Waals surface area contributed by atoms with Crippen molar-refractivity contribution in [3.8, 4) is 11.6 Å². The Morgan fingerprint density at radius 3 is 2.71 bits per heavy atom. The van der Waals surface area contributed by atoms with E-state index in [0.717, 1.165) is 18.6 Å². The summed E-state index contributed by atoms with van der Waals surface area (Å²) in [5.74, 6) is 1.02. The maximum atomic E-state index is 12.4. The van der Waals surface area contributed by atoms with Gasteiger partial charge in [0.15, 0.2) is 0 Å². The number of pyridine rings is 1. The van der Waals surface area contributed by atoms with Crippen molar-refractivity contribution in [3.63, 3.8) is 0 Å². The molecule has 3 rings (SSSR count). The average Bonchev–Trinajstić information content (AvgIpc) is 2.58. The zero-order chi connectivity index (χ0) is 16.8. The van der Waals surface area contributed by atoms with Gasteiger partial charge in [-0.05, 0) is 49.6 Å². The quantitative estimate of drug-likeness (QED) is 0.816. The van der Waals surface area contributed by atoms with E-state index in [2.05, 4.69) is 10.3 Å². The predicted molar refractivity (Wildman–Crippen MR) is 91.4 cm³/mol. The van der Waals surface area contributed by atoms with Crippen LogP contribution < -0.4 is 20.5 Å². The molecule has 6 heteroatoms. The smallest absolute Gasteiger partial charge is 0.255 e. The highest BCUT2D eigenvalue weighted by Gasteiger charge is 2.20. The number of nitrogens with two attached hydrogens (primary N) is 1. The molecule has 0 aliphatic heterocycles. The van der Waals surface area contributed by atoms with Crippen molar-refractivity contribution in [2.45, 2.75) is 25.4 Å². The molecule has 0 saturated heterocycles. The maximum absolute atomic E-state index is 12.4. The number of hydrogen-bond donors (Lipinski definition) is 2. The van der Waals surface area contributed by atoms with Gasteiger partial charge in [-0.15, -0.1) is 0 Å². The Morgan fingerprint density at radius 2 is 2.04 bits per heavy atom. The summed E-state index contributed by atoms with van der Waals surface area (Å²) in [5.41, 5.74) is 6.60. The van der Waals surface area contributed by atoms with Crippen LogP contribution in [0.25, 0.3) is 0 Å². The van der Waals surface area contributed by atoms with Gasteiger partial charge in [0.05, 0.1) is 0 Å². The van der Waals surface area contributed by atoms with Gasteiger partial charge in [-0.25, -0.2) is 4.98 Å². The van der Waals surface area contributed by atoms with Crippen LogP contribution in [0, 0.1) is 0 Å². The first-order valence-electron chi connectivity index (χ1n) is 8.11. The molecule has 1 fully saturated rings. The number of benzene rings is 1. The van der Waals surface area contributed by atoms with Gasteiger partial charge in [0.2, 0.25) is 5.88 Å². The van der Waals surface area contributed by atoms with Crippen LogP contribution in [0.1, 0.15) is 29.6 Å². The van der Waals surface area contributed by atoms with Gasteiger partial charge in [-0.2, -0.15) is 0 Å². The number of nitrogens with zero attached hydrogens (tertiary/aromatic N) is 1. The molecular weight excluding hydrogens is 306 g/mol. The van der Waals surface area contributed by atoms with Crippen LogP contribution in [0.2, 0.25) is 0 Å². The molecule has 1 saturated carbocycles.